The van der Waals surface area contributed by atoms with Crippen molar-refractivity contribution < 1.29 is 27.5 Å². The Morgan fingerprint density at radius 1 is 1.42 bits per heavy atom. The molecule has 1 saturated carbocycles. The second-order valence-electron chi connectivity index (χ2n) is 5.69. The minimum Gasteiger partial charge on any atom is -0.406 e. The Morgan fingerprint density at radius 2 is 2.04 bits per heavy atom. The lowest BCUT2D eigenvalue weighted by atomic mass is 9.94. The van der Waals surface area contributed by atoms with Gasteiger partial charge in [-0.05, 0) is 43.4 Å². The number of benzene rings is 1. The van der Waals surface area contributed by atoms with Crippen LogP contribution in [0.2, 0.25) is 5.02 Å². The maximum absolute atomic E-state index is 12.4. The van der Waals surface area contributed by atoms with Crippen molar-refractivity contribution in [1.82, 2.24) is 5.32 Å². The zero-order valence-corrected chi connectivity index (χ0v) is 13.5. The summed E-state index contributed by atoms with van der Waals surface area (Å²) in [7, 11) is 0. The molecule has 9 heteroatoms. The van der Waals surface area contributed by atoms with Crippen LogP contribution in [0.15, 0.2) is 12.1 Å². The molecule has 3 N–H and O–H groups in total. The third-order valence-electron chi connectivity index (χ3n) is 3.69. The van der Waals surface area contributed by atoms with Gasteiger partial charge in [0, 0.05) is 17.1 Å². The average molecular weight is 365 g/mol. The Kier molecular flexibility index (Phi) is 5.27. The molecular weight excluding hydrogens is 349 g/mol. The normalized spacial score (nSPS) is 15.7. The Balaban J connectivity index is 2.39. The van der Waals surface area contributed by atoms with Gasteiger partial charge in [-0.15, -0.1) is 13.2 Å². The highest BCUT2D eigenvalue weighted by Crippen LogP contribution is 2.35. The van der Waals surface area contributed by atoms with Crippen LogP contribution in [0.1, 0.15) is 41.6 Å². The second-order valence-corrected chi connectivity index (χ2v) is 6.10. The van der Waals surface area contributed by atoms with Gasteiger partial charge in [0.05, 0.1) is 5.92 Å². The fourth-order valence-electron chi connectivity index (χ4n) is 2.21. The summed E-state index contributed by atoms with van der Waals surface area (Å²) < 4.78 is 41.1. The minimum atomic E-state index is -4.93. The summed E-state index contributed by atoms with van der Waals surface area (Å²) in [5.41, 5.74) is 5.15. The predicted molar refractivity (Wildman–Crippen MR) is 80.8 cm³/mol. The van der Waals surface area contributed by atoms with Crippen LogP contribution >= 0.6 is 11.6 Å². The van der Waals surface area contributed by atoms with E-state index < -0.39 is 29.8 Å². The van der Waals surface area contributed by atoms with Crippen LogP contribution in [0.4, 0.5) is 13.2 Å². The number of carbonyl (C=O) groups excluding carboxylic acids is 2. The number of ether oxygens (including phenoxy) is 1. The van der Waals surface area contributed by atoms with Crippen molar-refractivity contribution in [2.45, 2.75) is 32.0 Å². The molecule has 24 heavy (non-hydrogen) atoms. The van der Waals surface area contributed by atoms with Crippen molar-refractivity contribution in [2.24, 2.45) is 11.7 Å². The first-order chi connectivity index (χ1) is 11.1. The van der Waals surface area contributed by atoms with Crippen LogP contribution in [0.25, 0.3) is 0 Å². The lowest BCUT2D eigenvalue weighted by Gasteiger charge is -2.18. The predicted octanol–water partition coefficient (Wildman–Crippen LogP) is 2.97. The highest BCUT2D eigenvalue weighted by atomic mass is 35.5. The Labute approximate surface area is 141 Å². The largest absolute Gasteiger partial charge is 0.573 e. The average Bonchev–Trinajstić information content (AvgIpc) is 3.25. The van der Waals surface area contributed by atoms with Gasteiger partial charge >= 0.3 is 6.36 Å². The standard InChI is InChI=1S/C15H16ClF3N2O3/c1-7(13(20)22)12-10(14(23)21-6-8-2-3-8)4-9(5-11(12)16)24-15(17,18)19/h4-5,7-8H,2-3,6H2,1H3,(H2,20,22)(H,21,23). The molecular formula is C15H16ClF3N2O3. The molecule has 0 heterocycles. The molecule has 2 rings (SSSR count). The van der Waals surface area contributed by atoms with E-state index in [4.69, 9.17) is 17.3 Å². The number of primary amides is 1. The topological polar surface area (TPSA) is 81.4 Å². The van der Waals surface area contributed by atoms with Crippen molar-refractivity contribution >= 4 is 23.4 Å². The molecule has 0 radical (unpaired) electrons. The first kappa shape index (κ1) is 18.4. The van der Waals surface area contributed by atoms with Gasteiger partial charge < -0.3 is 15.8 Å². The monoisotopic (exact) mass is 364 g/mol. The van der Waals surface area contributed by atoms with Crippen molar-refractivity contribution in [3.8, 4) is 5.75 Å². The van der Waals surface area contributed by atoms with E-state index in [9.17, 15) is 22.8 Å². The lowest BCUT2D eigenvalue weighted by Crippen LogP contribution is -2.29. The summed E-state index contributed by atoms with van der Waals surface area (Å²) in [6.45, 7) is 1.83. The minimum absolute atomic E-state index is 0.0759. The number of nitrogens with one attached hydrogen (secondary N) is 1. The van der Waals surface area contributed by atoms with Crippen LogP contribution in [0.5, 0.6) is 5.75 Å². The smallest absolute Gasteiger partial charge is 0.406 e. The highest BCUT2D eigenvalue weighted by Gasteiger charge is 2.33. The van der Waals surface area contributed by atoms with Gasteiger partial charge in [-0.2, -0.15) is 0 Å². The Hall–Kier alpha value is -1.96. The van der Waals surface area contributed by atoms with E-state index in [1.807, 2.05) is 0 Å². The number of alkyl halides is 3. The first-order valence-corrected chi connectivity index (χ1v) is 7.63. The van der Waals surface area contributed by atoms with E-state index in [2.05, 4.69) is 10.1 Å². The van der Waals surface area contributed by atoms with Gasteiger partial charge in [0.2, 0.25) is 5.91 Å². The third kappa shape index (κ3) is 4.77. The van der Waals surface area contributed by atoms with Gasteiger partial charge in [0.25, 0.3) is 5.91 Å². The number of rotatable bonds is 6. The third-order valence-corrected chi connectivity index (χ3v) is 4.00. The number of halogens is 4. The summed E-state index contributed by atoms with van der Waals surface area (Å²) in [6.07, 6.45) is -2.95. The fraction of sp³-hybridized carbons (Fsp3) is 0.467. The van der Waals surface area contributed by atoms with E-state index >= 15 is 0 Å². The summed E-state index contributed by atoms with van der Waals surface area (Å²) >= 11 is 5.99. The van der Waals surface area contributed by atoms with Crippen LogP contribution in [0, 0.1) is 5.92 Å². The molecule has 5 nitrogen and oxygen atoms in total. The molecule has 0 saturated heterocycles. The molecule has 1 aromatic rings. The molecule has 2 amide bonds. The zero-order valence-electron chi connectivity index (χ0n) is 12.7. The van der Waals surface area contributed by atoms with Gasteiger partial charge in [-0.1, -0.05) is 11.6 Å². The molecule has 1 aliphatic rings. The van der Waals surface area contributed by atoms with Gasteiger partial charge in [-0.3, -0.25) is 9.59 Å². The first-order valence-electron chi connectivity index (χ1n) is 7.25. The molecule has 0 bridgehead atoms. The van der Waals surface area contributed by atoms with E-state index in [-0.39, 0.29) is 16.1 Å². The van der Waals surface area contributed by atoms with E-state index in [1.54, 1.807) is 0 Å². The number of hydrogen-bond acceptors (Lipinski definition) is 3. The van der Waals surface area contributed by atoms with Crippen LogP contribution in [-0.4, -0.2) is 24.7 Å². The SMILES string of the molecule is CC(C(N)=O)c1c(Cl)cc(OC(F)(F)F)cc1C(=O)NCC1CC1. The second kappa shape index (κ2) is 6.88. The maximum Gasteiger partial charge on any atom is 0.573 e. The van der Waals surface area contributed by atoms with Crippen molar-refractivity contribution in [3.63, 3.8) is 0 Å². The van der Waals surface area contributed by atoms with Crippen LogP contribution < -0.4 is 15.8 Å². The van der Waals surface area contributed by atoms with Crippen molar-refractivity contribution in [3.05, 3.63) is 28.3 Å². The van der Waals surface area contributed by atoms with Crippen LogP contribution in [-0.2, 0) is 4.79 Å². The summed E-state index contributed by atoms with van der Waals surface area (Å²) in [6, 6.07) is 1.82. The molecule has 1 atom stereocenters. The highest BCUT2D eigenvalue weighted by molar-refractivity contribution is 6.32. The lowest BCUT2D eigenvalue weighted by molar-refractivity contribution is -0.274. The quantitative estimate of drug-likeness (QED) is 0.814. The van der Waals surface area contributed by atoms with E-state index in [1.165, 1.54) is 6.92 Å². The molecule has 0 aliphatic heterocycles. The van der Waals surface area contributed by atoms with Gasteiger partial charge in [-0.25, -0.2) is 0 Å². The molecule has 1 aliphatic carbocycles. The Morgan fingerprint density at radius 3 is 2.54 bits per heavy atom. The van der Waals surface area contributed by atoms with E-state index in [0.717, 1.165) is 25.0 Å². The molecule has 0 spiro atoms. The summed E-state index contributed by atoms with van der Waals surface area (Å²) in [5, 5.41) is 2.43. The van der Waals surface area contributed by atoms with Crippen LogP contribution in [0.3, 0.4) is 0 Å². The molecule has 1 aromatic carbocycles. The molecule has 1 fully saturated rings. The number of carbonyl (C=O) groups is 2. The molecule has 1 unspecified atom stereocenters. The maximum atomic E-state index is 12.4. The number of amides is 2. The zero-order chi connectivity index (χ0) is 18.1. The van der Waals surface area contributed by atoms with E-state index in [0.29, 0.717) is 12.5 Å². The van der Waals surface area contributed by atoms with Crippen molar-refractivity contribution in [1.29, 1.82) is 0 Å². The van der Waals surface area contributed by atoms with Gasteiger partial charge in [0.1, 0.15) is 5.75 Å². The number of nitrogens with two attached hydrogens (primary N) is 1. The molecule has 132 valence electrons. The van der Waals surface area contributed by atoms with Gasteiger partial charge in [0.15, 0.2) is 0 Å². The Bertz CT molecular complexity index is 660. The molecule has 0 aromatic heterocycles. The summed E-state index contributed by atoms with van der Waals surface area (Å²) in [4.78, 5) is 23.8. The fourth-order valence-corrected chi connectivity index (χ4v) is 2.58. The number of hydrogen-bond donors (Lipinski definition) is 2. The van der Waals surface area contributed by atoms with Crippen molar-refractivity contribution in [2.75, 3.05) is 6.54 Å². The summed E-state index contributed by atoms with van der Waals surface area (Å²) in [5.74, 6) is -2.59.